The Hall–Kier alpha value is -0.980. The molecule has 98 valence electrons. The molecule has 3 rings (SSSR count). The van der Waals surface area contributed by atoms with E-state index in [0.717, 1.165) is 0 Å². The molecule has 0 unspecified atom stereocenters. The molecule has 1 heteroatoms. The predicted molar refractivity (Wildman–Crippen MR) is 78.7 cm³/mol. The van der Waals surface area contributed by atoms with Crippen molar-refractivity contribution in [1.29, 1.82) is 0 Å². The Kier molecular flexibility index (Phi) is 2.69. The van der Waals surface area contributed by atoms with Crippen LogP contribution in [-0.4, -0.2) is 13.1 Å². The van der Waals surface area contributed by atoms with Crippen LogP contribution in [0.2, 0.25) is 0 Å². The molecule has 2 aliphatic rings. The van der Waals surface area contributed by atoms with Gasteiger partial charge in [-0.3, -0.25) is 0 Å². The van der Waals surface area contributed by atoms with Crippen LogP contribution in [0.4, 0.5) is 5.69 Å². The zero-order chi connectivity index (χ0) is 12.9. The second-order valence-electron chi connectivity index (χ2n) is 6.98. The van der Waals surface area contributed by atoms with Crippen molar-refractivity contribution in [2.45, 2.75) is 58.8 Å². The molecule has 0 atom stereocenters. The molecule has 0 saturated carbocycles. The smallest absolute Gasteiger partial charge is 0.0434 e. The summed E-state index contributed by atoms with van der Waals surface area (Å²) in [5, 5.41) is 0. The average molecular weight is 243 g/mol. The summed E-state index contributed by atoms with van der Waals surface area (Å²) in [6.45, 7) is 11.9. The van der Waals surface area contributed by atoms with Crippen molar-refractivity contribution in [1.82, 2.24) is 0 Å². The fourth-order valence-corrected chi connectivity index (χ4v) is 3.80. The van der Waals surface area contributed by atoms with Gasteiger partial charge in [0, 0.05) is 18.8 Å². The minimum Gasteiger partial charge on any atom is -0.371 e. The first-order valence-corrected chi connectivity index (χ1v) is 7.39. The Balaban J connectivity index is 2.23. The van der Waals surface area contributed by atoms with Gasteiger partial charge in [0.25, 0.3) is 0 Å². The number of nitrogens with zero attached hydrogens (tertiary/aromatic N) is 1. The molecule has 0 fully saturated rings. The first-order chi connectivity index (χ1) is 8.48. The van der Waals surface area contributed by atoms with Gasteiger partial charge in [0.1, 0.15) is 0 Å². The highest BCUT2D eigenvalue weighted by Crippen LogP contribution is 2.41. The number of rotatable bonds is 0. The summed E-state index contributed by atoms with van der Waals surface area (Å²) in [5.41, 5.74) is 8.29. The standard InChI is InChI=1S/C17H25N/c1-12-14-8-6-10-18-9-5-7-13(16(14)18)11-15(12)17(2,3)4/h11H,5-10H2,1-4H3. The topological polar surface area (TPSA) is 3.24 Å². The molecule has 0 aromatic heterocycles. The van der Waals surface area contributed by atoms with E-state index >= 15 is 0 Å². The van der Waals surface area contributed by atoms with Crippen molar-refractivity contribution >= 4 is 5.69 Å². The van der Waals surface area contributed by atoms with E-state index in [1.54, 1.807) is 27.9 Å². The predicted octanol–water partition coefficient (Wildman–Crippen LogP) is 3.99. The van der Waals surface area contributed by atoms with E-state index in [1.165, 1.54) is 38.8 Å². The highest BCUT2D eigenvalue weighted by molar-refractivity contribution is 5.67. The Labute approximate surface area is 111 Å². The van der Waals surface area contributed by atoms with Crippen LogP contribution in [0.25, 0.3) is 0 Å². The molecule has 0 aliphatic carbocycles. The zero-order valence-electron chi connectivity index (χ0n) is 12.3. The molecule has 0 saturated heterocycles. The van der Waals surface area contributed by atoms with Crippen molar-refractivity contribution in [2.24, 2.45) is 0 Å². The third-order valence-electron chi connectivity index (χ3n) is 4.62. The summed E-state index contributed by atoms with van der Waals surface area (Å²) in [6, 6.07) is 2.51. The Morgan fingerprint density at radius 2 is 1.72 bits per heavy atom. The molecule has 1 aromatic carbocycles. The van der Waals surface area contributed by atoms with Crippen molar-refractivity contribution in [3.8, 4) is 0 Å². The van der Waals surface area contributed by atoms with Crippen LogP contribution in [0.15, 0.2) is 6.07 Å². The van der Waals surface area contributed by atoms with Gasteiger partial charge in [-0.15, -0.1) is 0 Å². The van der Waals surface area contributed by atoms with Gasteiger partial charge in [0.2, 0.25) is 0 Å². The Bertz CT molecular complexity index is 477. The second-order valence-corrected chi connectivity index (χ2v) is 6.98. The minimum absolute atomic E-state index is 0.273. The molecule has 1 nitrogen and oxygen atoms in total. The van der Waals surface area contributed by atoms with Gasteiger partial charge in [-0.2, -0.15) is 0 Å². The van der Waals surface area contributed by atoms with E-state index < -0.39 is 0 Å². The van der Waals surface area contributed by atoms with Crippen LogP contribution in [-0.2, 0) is 18.3 Å². The van der Waals surface area contributed by atoms with E-state index in [-0.39, 0.29) is 5.41 Å². The van der Waals surface area contributed by atoms with Crippen molar-refractivity contribution in [3.05, 3.63) is 28.3 Å². The van der Waals surface area contributed by atoms with Crippen molar-refractivity contribution in [2.75, 3.05) is 18.0 Å². The molecule has 18 heavy (non-hydrogen) atoms. The monoisotopic (exact) mass is 243 g/mol. The quantitative estimate of drug-likeness (QED) is 0.666. The molecule has 2 aliphatic heterocycles. The number of hydrogen-bond donors (Lipinski definition) is 0. The lowest BCUT2D eigenvalue weighted by molar-refractivity contribution is 0.574. The van der Waals surface area contributed by atoms with Crippen LogP contribution < -0.4 is 4.90 Å². The maximum absolute atomic E-state index is 2.64. The molecule has 0 bridgehead atoms. The van der Waals surface area contributed by atoms with Gasteiger partial charge in [-0.25, -0.2) is 0 Å². The highest BCUT2D eigenvalue weighted by Gasteiger charge is 2.28. The average Bonchev–Trinajstić information content (AvgIpc) is 2.32. The van der Waals surface area contributed by atoms with Gasteiger partial charge >= 0.3 is 0 Å². The summed E-state index contributed by atoms with van der Waals surface area (Å²) in [7, 11) is 0. The second kappa shape index (κ2) is 4.01. The van der Waals surface area contributed by atoms with Crippen LogP contribution in [0.3, 0.4) is 0 Å². The molecular formula is C17H25N. The van der Waals surface area contributed by atoms with Gasteiger partial charge < -0.3 is 4.90 Å². The van der Waals surface area contributed by atoms with E-state index in [4.69, 9.17) is 0 Å². The first kappa shape index (κ1) is 12.1. The maximum Gasteiger partial charge on any atom is 0.0434 e. The van der Waals surface area contributed by atoms with Crippen LogP contribution in [0.1, 0.15) is 55.9 Å². The van der Waals surface area contributed by atoms with Gasteiger partial charge in [0.15, 0.2) is 0 Å². The molecule has 0 N–H and O–H groups in total. The fraction of sp³-hybridized carbons (Fsp3) is 0.647. The lowest BCUT2D eigenvalue weighted by Crippen LogP contribution is -2.35. The largest absolute Gasteiger partial charge is 0.371 e. The van der Waals surface area contributed by atoms with Gasteiger partial charge in [-0.05, 0) is 60.3 Å². The summed E-state index contributed by atoms with van der Waals surface area (Å²) in [6.07, 6.45) is 5.23. The summed E-state index contributed by atoms with van der Waals surface area (Å²) >= 11 is 0. The molecule has 0 amide bonds. The number of anilines is 1. The van der Waals surface area contributed by atoms with Crippen molar-refractivity contribution in [3.63, 3.8) is 0 Å². The fourth-order valence-electron chi connectivity index (χ4n) is 3.80. The molecule has 2 heterocycles. The van der Waals surface area contributed by atoms with Gasteiger partial charge in [0.05, 0.1) is 0 Å². The highest BCUT2D eigenvalue weighted by atomic mass is 15.1. The van der Waals surface area contributed by atoms with E-state index in [2.05, 4.69) is 38.7 Å². The molecule has 1 aromatic rings. The zero-order valence-corrected chi connectivity index (χ0v) is 12.3. The third-order valence-corrected chi connectivity index (χ3v) is 4.62. The Morgan fingerprint density at radius 3 is 2.39 bits per heavy atom. The normalized spacial score (nSPS) is 18.8. The van der Waals surface area contributed by atoms with Crippen LogP contribution >= 0.6 is 0 Å². The summed E-state index contributed by atoms with van der Waals surface area (Å²) < 4.78 is 0. The van der Waals surface area contributed by atoms with Crippen LogP contribution in [0, 0.1) is 6.92 Å². The lowest BCUT2D eigenvalue weighted by Gasteiger charge is -2.39. The Morgan fingerprint density at radius 1 is 1.06 bits per heavy atom. The van der Waals surface area contributed by atoms with E-state index in [0.29, 0.717) is 0 Å². The van der Waals surface area contributed by atoms with Crippen molar-refractivity contribution < 1.29 is 0 Å². The number of benzene rings is 1. The van der Waals surface area contributed by atoms with Gasteiger partial charge in [-0.1, -0.05) is 26.8 Å². The minimum atomic E-state index is 0.273. The lowest BCUT2D eigenvalue weighted by atomic mass is 9.78. The van der Waals surface area contributed by atoms with E-state index in [1.807, 2.05) is 0 Å². The van der Waals surface area contributed by atoms with Crippen LogP contribution in [0.5, 0.6) is 0 Å². The van der Waals surface area contributed by atoms with E-state index in [9.17, 15) is 0 Å². The maximum atomic E-state index is 2.64. The number of hydrogen-bond acceptors (Lipinski definition) is 1. The summed E-state index contributed by atoms with van der Waals surface area (Å²) in [5.74, 6) is 0. The molecule has 0 radical (unpaired) electrons. The molecule has 0 spiro atoms. The number of aryl methyl sites for hydroxylation is 1. The third kappa shape index (κ3) is 1.75. The molecular weight excluding hydrogens is 218 g/mol. The SMILES string of the molecule is Cc1c(C(C)(C)C)cc2c3c1CCCN3CCC2. The first-order valence-electron chi connectivity index (χ1n) is 7.39. The summed E-state index contributed by atoms with van der Waals surface area (Å²) in [4.78, 5) is 2.64.